The summed E-state index contributed by atoms with van der Waals surface area (Å²) in [7, 11) is -11.4. The quantitative estimate of drug-likeness (QED) is 0.474. The van der Waals surface area contributed by atoms with Crippen LogP contribution in [0.3, 0.4) is 0 Å². The van der Waals surface area contributed by atoms with Gasteiger partial charge in [0, 0.05) is 0 Å². The number of benzene rings is 1. The van der Waals surface area contributed by atoms with Gasteiger partial charge in [-0.1, -0.05) is 0 Å². The highest BCUT2D eigenvalue weighted by molar-refractivity contribution is 7.86. The molecule has 0 fully saturated rings. The minimum Gasteiger partial charge on any atom is -0.282 e. The summed E-state index contributed by atoms with van der Waals surface area (Å²) in [6, 6.07) is 0. The first-order chi connectivity index (χ1) is 7.89. The van der Waals surface area contributed by atoms with Crippen LogP contribution in [0.1, 0.15) is 0 Å². The molecule has 0 bridgehead atoms. The van der Waals surface area contributed by atoms with Crippen LogP contribution in [-0.4, -0.2) is 25.9 Å². The van der Waals surface area contributed by atoms with Crippen molar-refractivity contribution in [2.75, 3.05) is 0 Å². The predicted octanol–water partition coefficient (Wildman–Crippen LogP) is 0.736. The second kappa shape index (κ2) is 4.15. The minimum absolute atomic E-state index is 2.40. The van der Waals surface area contributed by atoms with Gasteiger partial charge in [-0.2, -0.15) is 16.8 Å². The first kappa shape index (κ1) is 14.8. The first-order valence-corrected chi connectivity index (χ1v) is 6.58. The molecule has 0 aromatic heterocycles. The van der Waals surface area contributed by atoms with Gasteiger partial charge >= 0.3 is 20.2 Å². The largest absolute Gasteiger partial charge is 0.300 e. The summed E-state index contributed by atoms with van der Waals surface area (Å²) in [5, 5.41) is 0. The van der Waals surface area contributed by atoms with E-state index in [9.17, 15) is 34.4 Å². The van der Waals surface area contributed by atoms with Crippen LogP contribution in [0, 0.1) is 23.3 Å². The van der Waals surface area contributed by atoms with Crippen LogP contribution in [0.5, 0.6) is 0 Å². The van der Waals surface area contributed by atoms with Crippen LogP contribution in [0.25, 0.3) is 0 Å². The minimum atomic E-state index is -5.68. The second-order valence-corrected chi connectivity index (χ2v) is 5.58. The van der Waals surface area contributed by atoms with E-state index in [1.165, 1.54) is 0 Å². The third-order valence-electron chi connectivity index (χ3n) is 1.70. The fourth-order valence-electron chi connectivity index (χ4n) is 1.04. The van der Waals surface area contributed by atoms with Gasteiger partial charge in [0.1, 0.15) is 0 Å². The Morgan fingerprint density at radius 2 is 0.778 bits per heavy atom. The highest BCUT2D eigenvalue weighted by atomic mass is 32.2. The lowest BCUT2D eigenvalue weighted by Gasteiger charge is -2.07. The van der Waals surface area contributed by atoms with E-state index >= 15 is 0 Å². The van der Waals surface area contributed by atoms with E-state index in [2.05, 4.69) is 0 Å². The Bertz CT molecular complexity index is 631. The molecule has 0 aliphatic heterocycles. The van der Waals surface area contributed by atoms with Crippen molar-refractivity contribution in [2.24, 2.45) is 0 Å². The molecule has 0 amide bonds. The molecule has 0 heterocycles. The van der Waals surface area contributed by atoms with Crippen molar-refractivity contribution in [2.45, 2.75) is 9.79 Å². The Labute approximate surface area is 97.4 Å². The summed E-state index contributed by atoms with van der Waals surface area (Å²) in [4.78, 5) is -4.80. The van der Waals surface area contributed by atoms with Gasteiger partial charge in [0.2, 0.25) is 0 Å². The van der Waals surface area contributed by atoms with E-state index in [4.69, 9.17) is 9.11 Å². The Morgan fingerprint density at radius 1 is 0.611 bits per heavy atom. The summed E-state index contributed by atoms with van der Waals surface area (Å²) in [5.41, 5.74) is 0. The molecule has 2 N–H and O–H groups in total. The van der Waals surface area contributed by atoms with Crippen LogP contribution in [0.2, 0.25) is 0 Å². The van der Waals surface area contributed by atoms with E-state index < -0.39 is 53.3 Å². The van der Waals surface area contributed by atoms with Gasteiger partial charge in [0.25, 0.3) is 0 Å². The van der Waals surface area contributed by atoms with Crippen LogP contribution in [-0.2, 0) is 20.2 Å². The molecule has 0 aliphatic rings. The molecule has 1 rings (SSSR count). The molecule has 0 atom stereocenters. The van der Waals surface area contributed by atoms with Crippen LogP contribution in [0.4, 0.5) is 17.6 Å². The van der Waals surface area contributed by atoms with Gasteiger partial charge in [-0.15, -0.1) is 0 Å². The molecule has 102 valence electrons. The summed E-state index contributed by atoms with van der Waals surface area (Å²) in [6.45, 7) is 0. The van der Waals surface area contributed by atoms with Crippen molar-refractivity contribution in [3.05, 3.63) is 23.3 Å². The smallest absolute Gasteiger partial charge is 0.282 e. The fraction of sp³-hybridized carbons (Fsp3) is 0. The molecule has 6 nitrogen and oxygen atoms in total. The van der Waals surface area contributed by atoms with E-state index in [1.807, 2.05) is 0 Å². The first-order valence-electron chi connectivity index (χ1n) is 3.70. The number of hydrogen-bond acceptors (Lipinski definition) is 4. The molecule has 12 heteroatoms. The standard InChI is InChI=1S/C6H2F4O6S2/c7-1-2(8)6(18(14,15)16)4(10)3(9)5(1)17(11,12)13/h(H,11,12,13)(H,14,15,16). The lowest BCUT2D eigenvalue weighted by atomic mass is 10.3. The monoisotopic (exact) mass is 310 g/mol. The molecule has 1 aromatic rings. The summed E-state index contributed by atoms with van der Waals surface area (Å²) in [5.74, 6) is -10.7. The molecule has 0 unspecified atom stereocenters. The lowest BCUT2D eigenvalue weighted by molar-refractivity contribution is 0.372. The van der Waals surface area contributed by atoms with Crippen molar-refractivity contribution >= 4 is 20.2 Å². The molecule has 0 saturated carbocycles. The third-order valence-corrected chi connectivity index (χ3v) is 3.45. The predicted molar refractivity (Wildman–Crippen MR) is 45.9 cm³/mol. The molecule has 0 spiro atoms. The van der Waals surface area contributed by atoms with Crippen LogP contribution < -0.4 is 0 Å². The highest BCUT2D eigenvalue weighted by Crippen LogP contribution is 2.29. The van der Waals surface area contributed by atoms with Gasteiger partial charge in [-0.25, -0.2) is 17.6 Å². The summed E-state index contributed by atoms with van der Waals surface area (Å²) >= 11 is 0. The molecular formula is C6H2F4O6S2. The van der Waals surface area contributed by atoms with Crippen molar-refractivity contribution in [1.82, 2.24) is 0 Å². The molecular weight excluding hydrogens is 308 g/mol. The third kappa shape index (κ3) is 2.31. The fourth-order valence-corrected chi connectivity index (χ4v) is 2.31. The summed E-state index contributed by atoms with van der Waals surface area (Å²) < 4.78 is 111. The summed E-state index contributed by atoms with van der Waals surface area (Å²) in [6.07, 6.45) is 0. The topological polar surface area (TPSA) is 109 Å². The number of rotatable bonds is 2. The maximum atomic E-state index is 13.0. The Morgan fingerprint density at radius 3 is 0.889 bits per heavy atom. The van der Waals surface area contributed by atoms with E-state index in [1.54, 1.807) is 0 Å². The normalized spacial score (nSPS) is 12.8. The Kier molecular flexibility index (Phi) is 3.42. The lowest BCUT2D eigenvalue weighted by Crippen LogP contribution is -2.15. The van der Waals surface area contributed by atoms with Gasteiger partial charge in [0.15, 0.2) is 33.1 Å². The molecule has 1 aromatic carbocycles. The highest BCUT2D eigenvalue weighted by Gasteiger charge is 2.36. The number of halogens is 4. The average Bonchev–Trinajstić information content (AvgIpc) is 2.10. The average molecular weight is 310 g/mol. The Balaban J connectivity index is 4.03. The van der Waals surface area contributed by atoms with Gasteiger partial charge in [-0.3, -0.25) is 9.11 Å². The van der Waals surface area contributed by atoms with Gasteiger partial charge in [0.05, 0.1) is 0 Å². The van der Waals surface area contributed by atoms with Crippen LogP contribution in [0.15, 0.2) is 9.79 Å². The number of hydrogen-bond donors (Lipinski definition) is 2. The SMILES string of the molecule is O=S(=O)(O)c1c(F)c(F)c(S(=O)(=O)O)c(F)c1F. The zero-order valence-electron chi connectivity index (χ0n) is 7.86. The van der Waals surface area contributed by atoms with Crippen molar-refractivity contribution < 1.29 is 43.5 Å². The molecule has 0 saturated heterocycles. The molecule has 0 radical (unpaired) electrons. The maximum absolute atomic E-state index is 13.0. The molecule has 18 heavy (non-hydrogen) atoms. The zero-order valence-corrected chi connectivity index (χ0v) is 9.49. The van der Waals surface area contributed by atoms with Gasteiger partial charge < -0.3 is 0 Å². The van der Waals surface area contributed by atoms with E-state index in [0.717, 1.165) is 0 Å². The van der Waals surface area contributed by atoms with Crippen molar-refractivity contribution in [1.29, 1.82) is 0 Å². The van der Waals surface area contributed by atoms with Crippen molar-refractivity contribution in [3.63, 3.8) is 0 Å². The maximum Gasteiger partial charge on any atom is 0.300 e. The Hall–Kier alpha value is -1.24. The van der Waals surface area contributed by atoms with E-state index in [0.29, 0.717) is 0 Å². The second-order valence-electron chi connectivity index (χ2n) is 2.86. The molecule has 0 aliphatic carbocycles. The van der Waals surface area contributed by atoms with Crippen molar-refractivity contribution in [3.8, 4) is 0 Å². The van der Waals surface area contributed by atoms with E-state index in [-0.39, 0.29) is 0 Å². The van der Waals surface area contributed by atoms with Gasteiger partial charge in [-0.05, 0) is 0 Å². The van der Waals surface area contributed by atoms with Crippen LogP contribution >= 0.6 is 0 Å². The zero-order chi connectivity index (χ0) is 14.5.